The molecule has 1 N–H and O–H groups in total. The third kappa shape index (κ3) is 3.36. The first-order chi connectivity index (χ1) is 6.34. The zero-order valence-corrected chi connectivity index (χ0v) is 7.62. The first kappa shape index (κ1) is 9.89. The van der Waals surface area contributed by atoms with Crippen LogP contribution in [-0.2, 0) is 4.74 Å². The Morgan fingerprint density at radius 2 is 2.08 bits per heavy atom. The molecule has 0 heterocycles. The molecule has 0 aliphatic rings. The van der Waals surface area contributed by atoms with E-state index in [0.29, 0.717) is 13.3 Å². The van der Waals surface area contributed by atoms with Gasteiger partial charge in [0.15, 0.2) is 5.78 Å². The lowest BCUT2D eigenvalue weighted by molar-refractivity contribution is 0.0967. The van der Waals surface area contributed by atoms with Crippen LogP contribution in [0.2, 0.25) is 0 Å². The van der Waals surface area contributed by atoms with Gasteiger partial charge in [-0.25, -0.2) is 0 Å². The second-order valence-electron chi connectivity index (χ2n) is 2.65. The summed E-state index contributed by atoms with van der Waals surface area (Å²) in [6, 6.07) is 9.19. The Hall–Kier alpha value is -1.19. The second kappa shape index (κ2) is 5.45. The van der Waals surface area contributed by atoms with Gasteiger partial charge in [-0.05, 0) is 0 Å². The minimum absolute atomic E-state index is 0.0812. The van der Waals surface area contributed by atoms with Crippen LogP contribution < -0.4 is 5.32 Å². The molecule has 13 heavy (non-hydrogen) atoms. The van der Waals surface area contributed by atoms with E-state index < -0.39 is 0 Å². The Kier molecular flexibility index (Phi) is 4.15. The molecule has 1 aromatic carbocycles. The average molecular weight is 179 g/mol. The SMILES string of the molecule is COCNCC(=O)c1ccccc1. The van der Waals surface area contributed by atoms with Crippen molar-refractivity contribution in [2.45, 2.75) is 0 Å². The first-order valence-electron chi connectivity index (χ1n) is 4.12. The molecule has 1 aromatic rings. The molecule has 70 valence electrons. The lowest BCUT2D eigenvalue weighted by Gasteiger charge is -2.01. The molecular weight excluding hydrogens is 166 g/mol. The van der Waals surface area contributed by atoms with Crippen LogP contribution >= 0.6 is 0 Å². The third-order valence-electron chi connectivity index (χ3n) is 1.63. The summed E-state index contributed by atoms with van der Waals surface area (Å²) in [6.45, 7) is 0.719. The molecule has 0 amide bonds. The minimum Gasteiger partial charge on any atom is -0.370 e. The number of methoxy groups -OCH3 is 1. The monoisotopic (exact) mass is 179 g/mol. The predicted octanol–water partition coefficient (Wildman–Crippen LogP) is 1.06. The van der Waals surface area contributed by atoms with Gasteiger partial charge in [-0.2, -0.15) is 0 Å². The van der Waals surface area contributed by atoms with Crippen molar-refractivity contribution in [1.82, 2.24) is 5.32 Å². The largest absolute Gasteiger partial charge is 0.370 e. The third-order valence-corrected chi connectivity index (χ3v) is 1.63. The molecule has 0 unspecified atom stereocenters. The molecule has 0 spiro atoms. The van der Waals surface area contributed by atoms with Gasteiger partial charge in [0, 0.05) is 12.7 Å². The summed E-state index contributed by atoms with van der Waals surface area (Å²) in [7, 11) is 1.58. The number of ether oxygens (including phenoxy) is 1. The van der Waals surface area contributed by atoms with Crippen LogP contribution in [0.1, 0.15) is 10.4 Å². The van der Waals surface area contributed by atoms with Gasteiger partial charge in [-0.3, -0.25) is 10.1 Å². The fourth-order valence-corrected chi connectivity index (χ4v) is 0.993. The van der Waals surface area contributed by atoms with Crippen molar-refractivity contribution in [1.29, 1.82) is 0 Å². The quantitative estimate of drug-likeness (QED) is 0.417. The number of carbonyl (C=O) groups excluding carboxylic acids is 1. The summed E-state index contributed by atoms with van der Waals surface area (Å²) >= 11 is 0. The maximum atomic E-state index is 11.4. The van der Waals surface area contributed by atoms with Crippen LogP contribution in [0, 0.1) is 0 Å². The van der Waals surface area contributed by atoms with Crippen molar-refractivity contribution in [3.05, 3.63) is 35.9 Å². The number of nitrogens with one attached hydrogen (secondary N) is 1. The van der Waals surface area contributed by atoms with Gasteiger partial charge in [-0.1, -0.05) is 30.3 Å². The van der Waals surface area contributed by atoms with E-state index in [4.69, 9.17) is 4.74 Å². The fraction of sp³-hybridized carbons (Fsp3) is 0.300. The Morgan fingerprint density at radius 3 is 2.69 bits per heavy atom. The van der Waals surface area contributed by atoms with Crippen LogP contribution in [0.25, 0.3) is 0 Å². The second-order valence-corrected chi connectivity index (χ2v) is 2.65. The van der Waals surface area contributed by atoms with Crippen LogP contribution in [0.15, 0.2) is 30.3 Å². The van der Waals surface area contributed by atoms with Gasteiger partial charge in [0.1, 0.15) is 0 Å². The van der Waals surface area contributed by atoms with Crippen LogP contribution in [-0.4, -0.2) is 26.2 Å². The minimum atomic E-state index is 0.0812. The molecule has 0 fully saturated rings. The summed E-state index contributed by atoms with van der Waals surface area (Å²) in [5.74, 6) is 0.0812. The number of benzene rings is 1. The maximum absolute atomic E-state index is 11.4. The van der Waals surface area contributed by atoms with Crippen molar-refractivity contribution in [2.75, 3.05) is 20.4 Å². The maximum Gasteiger partial charge on any atom is 0.176 e. The molecule has 0 aliphatic carbocycles. The van der Waals surface area contributed by atoms with Crippen LogP contribution in [0.4, 0.5) is 0 Å². The lowest BCUT2D eigenvalue weighted by atomic mass is 10.1. The Morgan fingerprint density at radius 1 is 1.38 bits per heavy atom. The number of Topliss-reactive ketones (excluding diaryl/α,β-unsaturated/α-hetero) is 1. The van der Waals surface area contributed by atoms with Crippen molar-refractivity contribution in [3.8, 4) is 0 Å². The van der Waals surface area contributed by atoms with Crippen molar-refractivity contribution >= 4 is 5.78 Å². The van der Waals surface area contributed by atoms with Gasteiger partial charge >= 0.3 is 0 Å². The highest BCUT2D eigenvalue weighted by molar-refractivity contribution is 5.97. The summed E-state index contributed by atoms with van der Waals surface area (Å²) < 4.78 is 4.76. The highest BCUT2D eigenvalue weighted by Gasteiger charge is 2.02. The molecular formula is C10H13NO2. The van der Waals surface area contributed by atoms with Crippen LogP contribution in [0.5, 0.6) is 0 Å². The van der Waals surface area contributed by atoms with E-state index in [0.717, 1.165) is 5.56 Å². The lowest BCUT2D eigenvalue weighted by Crippen LogP contribution is -2.24. The first-order valence-corrected chi connectivity index (χ1v) is 4.12. The number of ketones is 1. The summed E-state index contributed by atoms with van der Waals surface area (Å²) in [6.07, 6.45) is 0. The molecule has 0 saturated heterocycles. The molecule has 3 nitrogen and oxygen atoms in total. The van der Waals surface area contributed by atoms with Gasteiger partial charge < -0.3 is 4.74 Å². The summed E-state index contributed by atoms with van der Waals surface area (Å²) in [5.41, 5.74) is 0.728. The van der Waals surface area contributed by atoms with E-state index >= 15 is 0 Å². The van der Waals surface area contributed by atoms with Crippen molar-refractivity contribution in [2.24, 2.45) is 0 Å². The van der Waals surface area contributed by atoms with E-state index in [9.17, 15) is 4.79 Å². The fourth-order valence-electron chi connectivity index (χ4n) is 0.993. The van der Waals surface area contributed by atoms with Crippen LogP contribution in [0.3, 0.4) is 0 Å². The Balaban J connectivity index is 2.40. The van der Waals surface area contributed by atoms with E-state index in [1.54, 1.807) is 19.2 Å². The zero-order chi connectivity index (χ0) is 9.52. The van der Waals surface area contributed by atoms with Gasteiger partial charge in [0.2, 0.25) is 0 Å². The smallest absolute Gasteiger partial charge is 0.176 e. The number of carbonyl (C=O) groups is 1. The Bertz CT molecular complexity index is 259. The predicted molar refractivity (Wildman–Crippen MR) is 50.7 cm³/mol. The molecule has 0 bridgehead atoms. The molecule has 0 atom stereocenters. The van der Waals surface area contributed by atoms with Crippen molar-refractivity contribution < 1.29 is 9.53 Å². The van der Waals surface area contributed by atoms with E-state index in [-0.39, 0.29) is 5.78 Å². The molecule has 0 radical (unpaired) electrons. The number of rotatable bonds is 5. The summed E-state index contributed by atoms with van der Waals surface area (Å²) in [5, 5.41) is 2.86. The van der Waals surface area contributed by atoms with E-state index in [2.05, 4.69) is 5.32 Å². The van der Waals surface area contributed by atoms with Crippen molar-refractivity contribution in [3.63, 3.8) is 0 Å². The zero-order valence-electron chi connectivity index (χ0n) is 7.62. The molecule has 0 aromatic heterocycles. The van der Waals surface area contributed by atoms with Gasteiger partial charge in [0.25, 0.3) is 0 Å². The molecule has 1 rings (SSSR count). The topological polar surface area (TPSA) is 38.3 Å². The summed E-state index contributed by atoms with van der Waals surface area (Å²) in [4.78, 5) is 11.4. The van der Waals surface area contributed by atoms with E-state index in [1.807, 2.05) is 18.2 Å². The average Bonchev–Trinajstić information content (AvgIpc) is 2.19. The Labute approximate surface area is 77.7 Å². The van der Waals surface area contributed by atoms with Gasteiger partial charge in [-0.15, -0.1) is 0 Å². The standard InChI is InChI=1S/C10H13NO2/c1-13-8-11-7-10(12)9-5-3-2-4-6-9/h2-6,11H,7-8H2,1H3. The number of hydrogen-bond donors (Lipinski definition) is 1. The van der Waals surface area contributed by atoms with Gasteiger partial charge in [0.05, 0.1) is 13.3 Å². The molecule has 0 saturated carbocycles. The molecule has 0 aliphatic heterocycles. The highest BCUT2D eigenvalue weighted by atomic mass is 16.5. The molecule has 3 heteroatoms. The van der Waals surface area contributed by atoms with E-state index in [1.165, 1.54) is 0 Å². The normalized spacial score (nSPS) is 9.92. The highest BCUT2D eigenvalue weighted by Crippen LogP contribution is 1.98. The number of hydrogen-bond acceptors (Lipinski definition) is 3.